The largest absolute Gasteiger partial charge is 0.336 e. The van der Waals surface area contributed by atoms with E-state index in [4.69, 9.17) is 0 Å². The van der Waals surface area contributed by atoms with Gasteiger partial charge in [-0.15, -0.1) is 5.11 Å². The number of H-pyrrole nitrogens is 1. The van der Waals surface area contributed by atoms with Gasteiger partial charge in [-0.1, -0.05) is 12.8 Å². The minimum Gasteiger partial charge on any atom is -0.336 e. The van der Waals surface area contributed by atoms with Gasteiger partial charge in [0.25, 0.3) is 0 Å². The van der Waals surface area contributed by atoms with Crippen molar-refractivity contribution in [1.29, 1.82) is 0 Å². The lowest BCUT2D eigenvalue weighted by Gasteiger charge is -1.96. The number of aromatic nitrogens is 2. The zero-order valence-electron chi connectivity index (χ0n) is 8.70. The number of nitrogens with zero attached hydrogens (tertiary/aromatic N) is 3. The van der Waals surface area contributed by atoms with Crippen molar-refractivity contribution in [3.8, 4) is 11.8 Å². The smallest absolute Gasteiger partial charge is 0.207 e. The Morgan fingerprint density at radius 3 is 3.07 bits per heavy atom. The van der Waals surface area contributed by atoms with Crippen LogP contribution in [0.2, 0.25) is 0 Å². The Hall–Kier alpha value is -1.63. The third-order valence-electron chi connectivity index (χ3n) is 1.81. The van der Waals surface area contributed by atoms with Crippen molar-refractivity contribution >= 4 is 5.82 Å². The lowest BCUT2D eigenvalue weighted by Crippen LogP contribution is -1.91. The third-order valence-corrected chi connectivity index (χ3v) is 1.81. The Morgan fingerprint density at radius 1 is 1.64 bits per heavy atom. The highest BCUT2D eigenvalue weighted by Gasteiger charge is 2.01. The summed E-state index contributed by atoms with van der Waals surface area (Å²) in [6, 6.07) is 0.231. The fourth-order valence-corrected chi connectivity index (χ4v) is 0.815. The molecule has 1 aromatic rings. The summed E-state index contributed by atoms with van der Waals surface area (Å²) in [6.07, 6.45) is 2.55. The highest BCUT2D eigenvalue weighted by Crippen LogP contribution is 2.13. The van der Waals surface area contributed by atoms with Crippen LogP contribution in [0, 0.1) is 11.8 Å². The molecule has 14 heavy (non-hydrogen) atoms. The van der Waals surface area contributed by atoms with Gasteiger partial charge < -0.3 is 4.98 Å². The van der Waals surface area contributed by atoms with Crippen molar-refractivity contribution < 1.29 is 0 Å². The molecule has 1 unspecified atom stereocenters. The van der Waals surface area contributed by atoms with Crippen LogP contribution in [0.15, 0.2) is 16.6 Å². The molecule has 0 saturated heterocycles. The molecule has 0 aromatic carbocycles. The van der Waals surface area contributed by atoms with Crippen LogP contribution in [0.3, 0.4) is 0 Å². The van der Waals surface area contributed by atoms with E-state index in [1.54, 1.807) is 13.3 Å². The number of imidazole rings is 1. The predicted octanol–water partition coefficient (Wildman–Crippen LogP) is 2.66. The van der Waals surface area contributed by atoms with Gasteiger partial charge in [0.2, 0.25) is 5.82 Å². The Bertz CT molecular complexity index is 367. The number of hydrogen-bond donors (Lipinski definition) is 1. The molecule has 1 rings (SSSR count). The Balaban J connectivity index is 2.79. The predicted molar refractivity (Wildman–Crippen MR) is 55.4 cm³/mol. The van der Waals surface area contributed by atoms with Crippen LogP contribution in [0.25, 0.3) is 0 Å². The second-order valence-corrected chi connectivity index (χ2v) is 2.95. The van der Waals surface area contributed by atoms with Crippen LogP contribution in [0.1, 0.15) is 32.9 Å². The van der Waals surface area contributed by atoms with E-state index in [9.17, 15) is 0 Å². The van der Waals surface area contributed by atoms with Crippen molar-refractivity contribution in [1.82, 2.24) is 9.97 Å². The standard InChI is InChI=1S/C10H14N4/c1-4-6-9-10(12-7-11-9)14-13-8(3)5-2/h7-8H,5H2,1-3H3,(H,11,12). The molecular weight excluding hydrogens is 176 g/mol. The minimum atomic E-state index is 0.231. The Kier molecular flexibility index (Phi) is 3.86. The molecule has 4 nitrogen and oxygen atoms in total. The summed E-state index contributed by atoms with van der Waals surface area (Å²) in [4.78, 5) is 6.93. The fourth-order valence-electron chi connectivity index (χ4n) is 0.815. The molecule has 1 N–H and O–H groups in total. The van der Waals surface area contributed by atoms with Gasteiger partial charge in [-0.25, -0.2) is 4.98 Å². The fraction of sp³-hybridized carbons (Fsp3) is 0.500. The average Bonchev–Trinajstić information content (AvgIpc) is 2.62. The van der Waals surface area contributed by atoms with Crippen molar-refractivity contribution in [3.05, 3.63) is 12.0 Å². The maximum absolute atomic E-state index is 4.10. The Morgan fingerprint density at radius 2 is 2.43 bits per heavy atom. The molecule has 0 saturated carbocycles. The topological polar surface area (TPSA) is 53.4 Å². The average molecular weight is 190 g/mol. The van der Waals surface area contributed by atoms with Crippen LogP contribution in [-0.4, -0.2) is 16.0 Å². The lowest BCUT2D eigenvalue weighted by molar-refractivity contribution is 0.679. The monoisotopic (exact) mass is 190 g/mol. The second-order valence-electron chi connectivity index (χ2n) is 2.95. The number of aromatic amines is 1. The van der Waals surface area contributed by atoms with E-state index in [1.807, 2.05) is 6.92 Å². The second kappa shape index (κ2) is 5.18. The van der Waals surface area contributed by atoms with Gasteiger partial charge in [0.05, 0.1) is 12.4 Å². The van der Waals surface area contributed by atoms with Crippen molar-refractivity contribution in [2.75, 3.05) is 0 Å². The highest BCUT2D eigenvalue weighted by molar-refractivity contribution is 5.44. The zero-order valence-corrected chi connectivity index (χ0v) is 8.70. The van der Waals surface area contributed by atoms with Crippen LogP contribution in [-0.2, 0) is 0 Å². The van der Waals surface area contributed by atoms with Crippen LogP contribution < -0.4 is 0 Å². The first-order valence-corrected chi connectivity index (χ1v) is 4.64. The summed E-state index contributed by atoms with van der Waals surface area (Å²) in [7, 11) is 0. The van der Waals surface area contributed by atoms with E-state index in [0.717, 1.165) is 12.1 Å². The van der Waals surface area contributed by atoms with Gasteiger partial charge in [0.1, 0.15) is 5.69 Å². The van der Waals surface area contributed by atoms with Crippen LogP contribution in [0.5, 0.6) is 0 Å². The third kappa shape index (κ3) is 2.70. The maximum atomic E-state index is 4.10. The Labute approximate surface area is 83.9 Å². The van der Waals surface area contributed by atoms with Gasteiger partial charge in [-0.05, 0) is 26.2 Å². The quantitative estimate of drug-likeness (QED) is 0.578. The molecule has 0 spiro atoms. The minimum absolute atomic E-state index is 0.231. The van der Waals surface area contributed by atoms with E-state index < -0.39 is 0 Å². The van der Waals surface area contributed by atoms with Gasteiger partial charge in [0, 0.05) is 0 Å². The highest BCUT2D eigenvalue weighted by atomic mass is 15.2. The normalized spacial score (nSPS) is 12.5. The van der Waals surface area contributed by atoms with Crippen molar-refractivity contribution in [3.63, 3.8) is 0 Å². The summed E-state index contributed by atoms with van der Waals surface area (Å²) in [6.45, 7) is 5.86. The molecule has 1 aromatic heterocycles. The van der Waals surface area contributed by atoms with Gasteiger partial charge in [0.15, 0.2) is 0 Å². The SMILES string of the molecule is CC#Cc1[nH]cnc1N=NC(C)CC. The number of hydrogen-bond acceptors (Lipinski definition) is 3. The molecular formula is C10H14N4. The maximum Gasteiger partial charge on any atom is 0.207 e. The van der Waals surface area contributed by atoms with Crippen molar-refractivity contribution in [2.45, 2.75) is 33.2 Å². The number of rotatable bonds is 3. The molecule has 0 bridgehead atoms. The molecule has 1 heterocycles. The molecule has 0 aliphatic heterocycles. The summed E-state index contributed by atoms with van der Waals surface area (Å²) in [5.41, 5.74) is 0.722. The molecule has 0 aliphatic carbocycles. The summed E-state index contributed by atoms with van der Waals surface area (Å²) < 4.78 is 0. The molecule has 0 aliphatic rings. The molecule has 1 atom stereocenters. The van der Waals surface area contributed by atoms with Crippen molar-refractivity contribution in [2.24, 2.45) is 10.2 Å². The molecule has 0 amide bonds. The van der Waals surface area contributed by atoms with Gasteiger partial charge >= 0.3 is 0 Å². The first-order valence-electron chi connectivity index (χ1n) is 4.64. The van der Waals surface area contributed by atoms with Gasteiger partial charge in [-0.3, -0.25) is 0 Å². The van der Waals surface area contributed by atoms with E-state index >= 15 is 0 Å². The first kappa shape index (κ1) is 10.5. The number of azo groups is 1. The van der Waals surface area contributed by atoms with E-state index in [0.29, 0.717) is 5.82 Å². The van der Waals surface area contributed by atoms with Crippen LogP contribution in [0.4, 0.5) is 5.82 Å². The molecule has 0 radical (unpaired) electrons. The van der Waals surface area contributed by atoms with Gasteiger partial charge in [-0.2, -0.15) is 5.11 Å². The molecule has 0 fully saturated rings. The lowest BCUT2D eigenvalue weighted by atomic mass is 10.3. The van der Waals surface area contributed by atoms with Crippen LogP contribution >= 0.6 is 0 Å². The summed E-state index contributed by atoms with van der Waals surface area (Å²) in [5, 5.41) is 8.14. The number of nitrogens with one attached hydrogen (secondary N) is 1. The van der Waals surface area contributed by atoms with E-state index in [1.165, 1.54) is 0 Å². The van der Waals surface area contributed by atoms with E-state index in [2.05, 4.69) is 39.0 Å². The first-order chi connectivity index (χ1) is 6.77. The summed E-state index contributed by atoms with van der Waals surface area (Å²) >= 11 is 0. The molecule has 4 heteroatoms. The molecule has 74 valence electrons. The van der Waals surface area contributed by atoms with E-state index in [-0.39, 0.29) is 6.04 Å². The summed E-state index contributed by atoms with van der Waals surface area (Å²) in [5.74, 6) is 6.23. The zero-order chi connectivity index (χ0) is 10.4.